The fourth-order valence-electron chi connectivity index (χ4n) is 0.929. The van der Waals surface area contributed by atoms with E-state index in [0.29, 0.717) is 17.3 Å². The molecule has 14 heavy (non-hydrogen) atoms. The van der Waals surface area contributed by atoms with Crippen molar-refractivity contribution in [2.24, 2.45) is 0 Å². The van der Waals surface area contributed by atoms with Gasteiger partial charge >= 0.3 is 6.03 Å². The number of nitrogens with one attached hydrogen (secondary N) is 2. The Balaban J connectivity index is 2.47. The summed E-state index contributed by atoms with van der Waals surface area (Å²) in [5, 5.41) is 5.84. The van der Waals surface area contributed by atoms with E-state index in [1.807, 2.05) is 6.92 Å². The minimum absolute atomic E-state index is 0.214. The summed E-state index contributed by atoms with van der Waals surface area (Å²) in [6.45, 7) is 2.66. The first kappa shape index (κ1) is 10.9. The van der Waals surface area contributed by atoms with Gasteiger partial charge in [0.15, 0.2) is 0 Å². The van der Waals surface area contributed by atoms with Crippen LogP contribution >= 0.6 is 11.6 Å². The number of urea groups is 1. The highest BCUT2D eigenvalue weighted by Crippen LogP contribution is 2.13. The molecule has 0 aromatic heterocycles. The number of hydrogen-bond acceptors (Lipinski definition) is 1. The first-order valence-electron chi connectivity index (χ1n) is 4.44. The Labute approximate surface area is 88.5 Å². The first-order chi connectivity index (χ1) is 6.72. The number of benzene rings is 1. The molecule has 0 bridgehead atoms. The molecule has 0 spiro atoms. The van der Waals surface area contributed by atoms with Gasteiger partial charge in [-0.2, -0.15) is 0 Å². The molecular weight excluding hydrogens is 200 g/mol. The van der Waals surface area contributed by atoms with Crippen molar-refractivity contribution in [3.8, 4) is 0 Å². The number of hydrogen-bond donors (Lipinski definition) is 2. The van der Waals surface area contributed by atoms with Crippen LogP contribution in [0.3, 0.4) is 0 Å². The number of rotatable bonds is 3. The number of carbonyl (C=O) groups excluding carboxylic acids is 1. The molecule has 75 valence electrons. The van der Waals surface area contributed by atoms with Crippen LogP contribution in [0.5, 0.6) is 0 Å². The van der Waals surface area contributed by atoms with Crippen molar-refractivity contribution in [3.05, 3.63) is 29.3 Å². The van der Waals surface area contributed by atoms with E-state index in [4.69, 9.17) is 11.6 Å². The van der Waals surface area contributed by atoms with Crippen LogP contribution in [0, 0.1) is 6.07 Å². The second kappa shape index (κ2) is 5.50. The topological polar surface area (TPSA) is 41.1 Å². The van der Waals surface area contributed by atoms with Crippen LogP contribution in [0.15, 0.2) is 18.2 Å². The van der Waals surface area contributed by atoms with Gasteiger partial charge in [0.2, 0.25) is 0 Å². The van der Waals surface area contributed by atoms with Gasteiger partial charge in [-0.1, -0.05) is 24.6 Å². The molecule has 0 heterocycles. The lowest BCUT2D eigenvalue weighted by Gasteiger charge is -2.06. The number of carbonyl (C=O) groups is 1. The summed E-state index contributed by atoms with van der Waals surface area (Å²) in [6.07, 6.45) is 0.913. The highest BCUT2D eigenvalue weighted by Gasteiger charge is 1.99. The third-order valence-corrected chi connectivity index (χ3v) is 1.78. The van der Waals surface area contributed by atoms with Crippen molar-refractivity contribution in [2.45, 2.75) is 13.3 Å². The molecule has 0 saturated heterocycles. The lowest BCUT2D eigenvalue weighted by molar-refractivity contribution is 0.252. The fourth-order valence-corrected chi connectivity index (χ4v) is 1.11. The monoisotopic (exact) mass is 211 g/mol. The maximum absolute atomic E-state index is 11.2. The van der Waals surface area contributed by atoms with E-state index in [0.717, 1.165) is 6.42 Å². The van der Waals surface area contributed by atoms with E-state index in [2.05, 4.69) is 16.7 Å². The summed E-state index contributed by atoms with van der Waals surface area (Å²) in [6, 6.07) is 7.61. The summed E-state index contributed by atoms with van der Waals surface area (Å²) in [5.41, 5.74) is 0.669. The molecule has 1 aromatic rings. The molecule has 2 N–H and O–H groups in total. The van der Waals surface area contributed by atoms with Gasteiger partial charge in [0.1, 0.15) is 0 Å². The zero-order chi connectivity index (χ0) is 10.4. The van der Waals surface area contributed by atoms with Gasteiger partial charge in [-0.25, -0.2) is 4.79 Å². The van der Waals surface area contributed by atoms with E-state index in [1.54, 1.807) is 18.2 Å². The van der Waals surface area contributed by atoms with Crippen LogP contribution in [0.2, 0.25) is 5.02 Å². The third kappa shape index (κ3) is 3.66. The van der Waals surface area contributed by atoms with Crippen molar-refractivity contribution in [1.82, 2.24) is 5.32 Å². The van der Waals surface area contributed by atoms with Gasteiger partial charge in [-0.05, 0) is 18.6 Å². The van der Waals surface area contributed by atoms with Crippen molar-refractivity contribution in [1.29, 1.82) is 0 Å². The zero-order valence-corrected chi connectivity index (χ0v) is 8.69. The molecule has 0 aliphatic heterocycles. The Bertz CT molecular complexity index is 315. The average Bonchev–Trinajstić information content (AvgIpc) is 2.15. The molecule has 0 aliphatic carbocycles. The lowest BCUT2D eigenvalue weighted by Crippen LogP contribution is -2.29. The second-order valence-electron chi connectivity index (χ2n) is 2.81. The van der Waals surface area contributed by atoms with Gasteiger partial charge in [0, 0.05) is 18.3 Å². The summed E-state index contributed by atoms with van der Waals surface area (Å²) in [5.74, 6) is 0. The van der Waals surface area contributed by atoms with Crippen molar-refractivity contribution < 1.29 is 4.79 Å². The van der Waals surface area contributed by atoms with Crippen molar-refractivity contribution >= 4 is 23.3 Å². The van der Waals surface area contributed by atoms with E-state index < -0.39 is 0 Å². The van der Waals surface area contributed by atoms with E-state index in [9.17, 15) is 4.79 Å². The molecule has 0 unspecified atom stereocenters. The Kier molecular flexibility index (Phi) is 4.26. The molecule has 1 aromatic carbocycles. The van der Waals surface area contributed by atoms with Crippen molar-refractivity contribution in [2.75, 3.05) is 11.9 Å². The van der Waals surface area contributed by atoms with E-state index in [-0.39, 0.29) is 6.03 Å². The van der Waals surface area contributed by atoms with Crippen LogP contribution in [0.25, 0.3) is 0 Å². The Morgan fingerprint density at radius 2 is 2.43 bits per heavy atom. The minimum atomic E-state index is -0.214. The summed E-state index contributed by atoms with van der Waals surface area (Å²) in [7, 11) is 0. The number of anilines is 1. The van der Waals surface area contributed by atoms with Crippen LogP contribution < -0.4 is 10.6 Å². The predicted octanol–water partition coefficient (Wildman–Crippen LogP) is 2.67. The van der Waals surface area contributed by atoms with E-state index >= 15 is 0 Å². The smallest absolute Gasteiger partial charge is 0.319 e. The molecule has 3 nitrogen and oxygen atoms in total. The lowest BCUT2D eigenvalue weighted by atomic mass is 10.3. The van der Waals surface area contributed by atoms with Gasteiger partial charge in [-0.15, -0.1) is 0 Å². The molecule has 0 aliphatic rings. The SMILES string of the molecule is CCCNC(=O)Nc1cc[c]c(Cl)c1. The molecule has 0 atom stereocenters. The highest BCUT2D eigenvalue weighted by atomic mass is 35.5. The van der Waals surface area contributed by atoms with E-state index in [1.165, 1.54) is 0 Å². The fraction of sp³-hybridized carbons (Fsp3) is 0.300. The van der Waals surface area contributed by atoms with Crippen LogP contribution in [-0.4, -0.2) is 12.6 Å². The standard InChI is InChI=1S/C10H12ClN2O/c1-2-6-12-10(14)13-9-5-3-4-8(11)7-9/h3,5,7H,2,6H2,1H3,(H2,12,13,14). The predicted molar refractivity (Wildman–Crippen MR) is 57.6 cm³/mol. The van der Waals surface area contributed by atoms with Crippen LogP contribution in [-0.2, 0) is 0 Å². The Hall–Kier alpha value is -1.22. The largest absolute Gasteiger partial charge is 0.338 e. The zero-order valence-electron chi connectivity index (χ0n) is 7.93. The number of amides is 2. The number of halogens is 1. The highest BCUT2D eigenvalue weighted by molar-refractivity contribution is 6.30. The average molecular weight is 212 g/mol. The van der Waals surface area contributed by atoms with Gasteiger partial charge < -0.3 is 10.6 Å². The summed E-state index contributed by atoms with van der Waals surface area (Å²) >= 11 is 5.71. The Morgan fingerprint density at radius 3 is 3.07 bits per heavy atom. The maximum atomic E-state index is 11.2. The maximum Gasteiger partial charge on any atom is 0.319 e. The molecule has 2 amide bonds. The van der Waals surface area contributed by atoms with Crippen molar-refractivity contribution in [3.63, 3.8) is 0 Å². The molecule has 0 fully saturated rings. The van der Waals surface area contributed by atoms with Gasteiger partial charge in [0.05, 0.1) is 5.02 Å². The molecular formula is C10H12ClN2O. The molecule has 1 rings (SSSR count). The Morgan fingerprint density at radius 1 is 1.64 bits per heavy atom. The molecule has 4 heteroatoms. The summed E-state index contributed by atoms with van der Waals surface area (Å²) < 4.78 is 0. The first-order valence-corrected chi connectivity index (χ1v) is 4.82. The van der Waals surface area contributed by atoms with Gasteiger partial charge in [0.25, 0.3) is 0 Å². The third-order valence-electron chi connectivity index (χ3n) is 1.56. The normalized spacial score (nSPS) is 9.57. The summed E-state index contributed by atoms with van der Waals surface area (Å²) in [4.78, 5) is 11.2. The van der Waals surface area contributed by atoms with Crippen LogP contribution in [0.1, 0.15) is 13.3 Å². The molecule has 1 radical (unpaired) electrons. The van der Waals surface area contributed by atoms with Crippen LogP contribution in [0.4, 0.5) is 10.5 Å². The quantitative estimate of drug-likeness (QED) is 0.793. The second-order valence-corrected chi connectivity index (χ2v) is 3.21. The molecule has 0 saturated carbocycles. The minimum Gasteiger partial charge on any atom is -0.338 e. The van der Waals surface area contributed by atoms with Gasteiger partial charge in [-0.3, -0.25) is 0 Å².